The summed E-state index contributed by atoms with van der Waals surface area (Å²) in [6.07, 6.45) is 0.130. The van der Waals surface area contributed by atoms with E-state index < -0.39 is 17.9 Å². The average molecular weight is 260 g/mol. The van der Waals surface area contributed by atoms with Crippen molar-refractivity contribution in [2.24, 2.45) is 5.92 Å². The molecule has 0 aliphatic carbocycles. The summed E-state index contributed by atoms with van der Waals surface area (Å²) in [5, 5.41) is 16.3. The molecule has 0 bridgehead atoms. The smallest absolute Gasteiger partial charge is 0.317 e. The van der Waals surface area contributed by atoms with Gasteiger partial charge in [-0.3, -0.25) is 9.59 Å². The van der Waals surface area contributed by atoms with Crippen molar-refractivity contribution in [1.82, 2.24) is 0 Å². The Hall–Kier alpha value is -0.330. The molecule has 0 spiro atoms. The van der Waals surface area contributed by atoms with Crippen LogP contribution in [0.25, 0.3) is 0 Å². The fourth-order valence-electron chi connectivity index (χ4n) is 0.455. The third kappa shape index (κ3) is 3.65. The highest BCUT2D eigenvalue weighted by Crippen LogP contribution is 2.00. The van der Waals surface area contributed by atoms with Crippen LogP contribution in [0.3, 0.4) is 0 Å². The van der Waals surface area contributed by atoms with Crippen LogP contribution in [0.15, 0.2) is 0 Å². The molecule has 2 N–H and O–H groups in total. The molecule has 0 saturated carbocycles. The number of carboxylic acids is 2. The number of carboxylic acid groups (broad SMARTS) is 2. The summed E-state index contributed by atoms with van der Waals surface area (Å²) in [5.74, 6) is -3.79. The highest BCUT2D eigenvalue weighted by molar-refractivity contribution is 14.0. The van der Waals surface area contributed by atoms with E-state index in [1.165, 1.54) is 6.92 Å². The summed E-state index contributed by atoms with van der Waals surface area (Å²) >= 11 is 0. The van der Waals surface area contributed by atoms with Gasteiger partial charge in [0.2, 0.25) is 0 Å². The lowest BCUT2D eigenvalue weighted by Gasteiger charge is -2.00. The molecule has 0 radical (unpaired) electrons. The fourth-order valence-corrected chi connectivity index (χ4v) is 0.455. The molecule has 0 aliphatic rings. The Kier molecular flexibility index (Phi) is 6.74. The normalized spacial score (nSPS) is 8.60. The molecule has 0 atom stereocenters. The van der Waals surface area contributed by atoms with Crippen LogP contribution >= 0.6 is 24.0 Å². The molecule has 0 saturated heterocycles. The SMILES string of the molecule is CCC(C(=O)O)C(=O)O.I. The molecule has 60 valence electrons. The van der Waals surface area contributed by atoms with Crippen molar-refractivity contribution >= 4 is 35.9 Å². The second kappa shape index (κ2) is 5.45. The van der Waals surface area contributed by atoms with Crippen LogP contribution < -0.4 is 0 Å². The van der Waals surface area contributed by atoms with E-state index in [1.807, 2.05) is 0 Å². The predicted octanol–water partition coefficient (Wildman–Crippen LogP) is 0.800. The molecule has 10 heavy (non-hydrogen) atoms. The van der Waals surface area contributed by atoms with E-state index in [0.717, 1.165) is 0 Å². The molecule has 0 unspecified atom stereocenters. The molecule has 4 nitrogen and oxygen atoms in total. The summed E-state index contributed by atoms with van der Waals surface area (Å²) < 4.78 is 0. The topological polar surface area (TPSA) is 74.6 Å². The Morgan fingerprint density at radius 2 is 1.60 bits per heavy atom. The monoisotopic (exact) mass is 260 g/mol. The summed E-state index contributed by atoms with van der Waals surface area (Å²) in [6.45, 7) is 1.52. The number of halogens is 1. The first-order chi connectivity index (χ1) is 4.09. The van der Waals surface area contributed by atoms with E-state index in [-0.39, 0.29) is 30.4 Å². The predicted molar refractivity (Wildman–Crippen MR) is 44.5 cm³/mol. The van der Waals surface area contributed by atoms with E-state index in [1.54, 1.807) is 0 Å². The Morgan fingerprint density at radius 3 is 1.60 bits per heavy atom. The van der Waals surface area contributed by atoms with Gasteiger partial charge in [-0.15, -0.1) is 24.0 Å². The lowest BCUT2D eigenvalue weighted by atomic mass is 10.1. The fraction of sp³-hybridized carbons (Fsp3) is 0.600. The van der Waals surface area contributed by atoms with E-state index in [4.69, 9.17) is 10.2 Å². The van der Waals surface area contributed by atoms with Gasteiger partial charge in [-0.25, -0.2) is 0 Å². The molecular weight excluding hydrogens is 251 g/mol. The number of aliphatic carboxylic acids is 2. The van der Waals surface area contributed by atoms with Crippen molar-refractivity contribution in [2.75, 3.05) is 0 Å². The molecule has 0 amide bonds. The average Bonchev–Trinajstić information content (AvgIpc) is 1.64. The lowest BCUT2D eigenvalue weighted by molar-refractivity contribution is -0.154. The maximum atomic E-state index is 9.99. The first kappa shape index (κ1) is 12.4. The van der Waals surface area contributed by atoms with Crippen LogP contribution in [0.1, 0.15) is 13.3 Å². The first-order valence-corrected chi connectivity index (χ1v) is 2.55. The van der Waals surface area contributed by atoms with Gasteiger partial charge in [-0.1, -0.05) is 6.92 Å². The van der Waals surface area contributed by atoms with Crippen LogP contribution in [0.5, 0.6) is 0 Å². The highest BCUT2D eigenvalue weighted by atomic mass is 127. The molecule has 0 aromatic heterocycles. The zero-order chi connectivity index (χ0) is 7.44. The standard InChI is InChI=1S/C5H8O4.HI/c1-2-3(4(6)7)5(8)9;/h3H,2H2,1H3,(H,6,7)(H,8,9);1H. The summed E-state index contributed by atoms with van der Waals surface area (Å²) in [5.41, 5.74) is 0. The van der Waals surface area contributed by atoms with Gasteiger partial charge < -0.3 is 10.2 Å². The minimum Gasteiger partial charge on any atom is -0.481 e. The van der Waals surface area contributed by atoms with E-state index in [9.17, 15) is 9.59 Å². The molecule has 0 aromatic rings. The van der Waals surface area contributed by atoms with Crippen LogP contribution in [0.2, 0.25) is 0 Å². The van der Waals surface area contributed by atoms with Crippen LogP contribution in [-0.2, 0) is 9.59 Å². The Morgan fingerprint density at radius 1 is 1.30 bits per heavy atom. The van der Waals surface area contributed by atoms with Crippen LogP contribution in [-0.4, -0.2) is 22.2 Å². The summed E-state index contributed by atoms with van der Waals surface area (Å²) in [7, 11) is 0. The Labute approximate surface area is 75.3 Å². The molecule has 0 aromatic carbocycles. The maximum absolute atomic E-state index is 9.99. The maximum Gasteiger partial charge on any atom is 0.317 e. The van der Waals surface area contributed by atoms with Gasteiger partial charge in [0.1, 0.15) is 0 Å². The molecule has 5 heteroatoms. The number of hydrogen-bond acceptors (Lipinski definition) is 2. The Balaban J connectivity index is 0. The molecule has 0 aliphatic heterocycles. The number of rotatable bonds is 3. The van der Waals surface area contributed by atoms with Gasteiger partial charge in [0.25, 0.3) is 0 Å². The molecule has 0 rings (SSSR count). The minimum absolute atomic E-state index is 0. The Bertz CT molecular complexity index is 120. The largest absolute Gasteiger partial charge is 0.481 e. The van der Waals surface area contributed by atoms with Crippen molar-refractivity contribution in [3.63, 3.8) is 0 Å². The van der Waals surface area contributed by atoms with E-state index in [0.29, 0.717) is 0 Å². The lowest BCUT2D eigenvalue weighted by Crippen LogP contribution is -2.21. The van der Waals surface area contributed by atoms with E-state index >= 15 is 0 Å². The second-order valence-corrected chi connectivity index (χ2v) is 1.64. The molecule has 0 heterocycles. The third-order valence-electron chi connectivity index (χ3n) is 1.00. The molecule has 0 fully saturated rings. The van der Waals surface area contributed by atoms with Gasteiger partial charge in [0, 0.05) is 0 Å². The van der Waals surface area contributed by atoms with Gasteiger partial charge in [0.15, 0.2) is 5.92 Å². The van der Waals surface area contributed by atoms with Gasteiger partial charge in [-0.2, -0.15) is 0 Å². The first-order valence-electron chi connectivity index (χ1n) is 2.55. The molecular formula is C5H9IO4. The van der Waals surface area contributed by atoms with Gasteiger partial charge >= 0.3 is 11.9 Å². The van der Waals surface area contributed by atoms with Crippen molar-refractivity contribution in [1.29, 1.82) is 0 Å². The van der Waals surface area contributed by atoms with Crippen molar-refractivity contribution < 1.29 is 19.8 Å². The summed E-state index contributed by atoms with van der Waals surface area (Å²) in [6, 6.07) is 0. The van der Waals surface area contributed by atoms with Gasteiger partial charge in [-0.05, 0) is 6.42 Å². The third-order valence-corrected chi connectivity index (χ3v) is 1.00. The minimum atomic E-state index is -1.27. The van der Waals surface area contributed by atoms with Gasteiger partial charge in [0.05, 0.1) is 0 Å². The van der Waals surface area contributed by atoms with E-state index in [2.05, 4.69) is 0 Å². The zero-order valence-corrected chi connectivity index (χ0v) is 7.73. The van der Waals surface area contributed by atoms with Crippen molar-refractivity contribution in [2.45, 2.75) is 13.3 Å². The van der Waals surface area contributed by atoms with Crippen molar-refractivity contribution in [3.8, 4) is 0 Å². The second-order valence-electron chi connectivity index (χ2n) is 1.64. The van der Waals surface area contributed by atoms with Crippen molar-refractivity contribution in [3.05, 3.63) is 0 Å². The number of carbonyl (C=O) groups is 2. The quantitative estimate of drug-likeness (QED) is 0.581. The van der Waals surface area contributed by atoms with Crippen LogP contribution in [0.4, 0.5) is 0 Å². The van der Waals surface area contributed by atoms with Crippen LogP contribution in [0, 0.1) is 5.92 Å². The summed E-state index contributed by atoms with van der Waals surface area (Å²) in [4.78, 5) is 20.0. The number of hydrogen-bond donors (Lipinski definition) is 2. The highest BCUT2D eigenvalue weighted by Gasteiger charge is 2.22. The zero-order valence-electron chi connectivity index (χ0n) is 5.40.